The van der Waals surface area contributed by atoms with Crippen LogP contribution < -0.4 is 0 Å². The van der Waals surface area contributed by atoms with Crippen molar-refractivity contribution >= 4 is 23.4 Å². The van der Waals surface area contributed by atoms with Gasteiger partial charge in [0.15, 0.2) is 5.15 Å². The van der Waals surface area contributed by atoms with Crippen LogP contribution in [0.5, 0.6) is 0 Å². The molecule has 1 aromatic heterocycles. The van der Waals surface area contributed by atoms with Crippen molar-refractivity contribution in [3.8, 4) is 22.3 Å². The number of halogens is 4. The molecule has 0 atom stereocenters. The zero-order valence-corrected chi connectivity index (χ0v) is 15.6. The van der Waals surface area contributed by atoms with Crippen LogP contribution >= 0.6 is 23.4 Å². The summed E-state index contributed by atoms with van der Waals surface area (Å²) in [6.45, 7) is 1.68. The monoisotopic (exact) mass is 394 g/mol. The van der Waals surface area contributed by atoms with Gasteiger partial charge in [0.25, 0.3) is 0 Å². The van der Waals surface area contributed by atoms with Gasteiger partial charge in [-0.3, -0.25) is 0 Å². The smallest absolute Gasteiger partial charge is 0.160 e. The number of nitrogens with zero attached hydrogens (tertiary/aromatic N) is 2. The highest BCUT2D eigenvalue weighted by molar-refractivity contribution is 7.97. The summed E-state index contributed by atoms with van der Waals surface area (Å²) in [5.41, 5.74) is 2.38. The fraction of sp³-hybridized carbons (Fsp3) is 0.158. The maximum absolute atomic E-state index is 14.4. The zero-order chi connectivity index (χ0) is 18.8. The predicted octanol–water partition coefficient (Wildman–Crippen LogP) is 6.05. The van der Waals surface area contributed by atoms with Crippen molar-refractivity contribution in [1.29, 1.82) is 0 Å². The molecule has 26 heavy (non-hydrogen) atoms. The minimum absolute atomic E-state index is 0.0618. The molecule has 0 bridgehead atoms. The second-order valence-corrected chi connectivity index (χ2v) is 6.92. The average Bonchev–Trinajstić information content (AvgIpc) is 2.58. The van der Waals surface area contributed by atoms with Crippen molar-refractivity contribution in [2.24, 2.45) is 0 Å². The molecule has 3 aromatic rings. The molecule has 0 N–H and O–H groups in total. The van der Waals surface area contributed by atoms with Crippen molar-refractivity contribution in [2.75, 3.05) is 6.26 Å². The van der Waals surface area contributed by atoms with Crippen LogP contribution in [-0.2, 0) is 5.75 Å². The van der Waals surface area contributed by atoms with E-state index in [0.29, 0.717) is 29.0 Å². The van der Waals surface area contributed by atoms with E-state index in [9.17, 15) is 13.2 Å². The molecule has 0 amide bonds. The molecule has 2 nitrogen and oxygen atoms in total. The lowest BCUT2D eigenvalue weighted by Gasteiger charge is -2.15. The van der Waals surface area contributed by atoms with Gasteiger partial charge in [-0.25, -0.2) is 13.2 Å². The number of aromatic nitrogens is 2. The highest BCUT2D eigenvalue weighted by Gasteiger charge is 2.23. The SMILES string of the molecule is CSCc1ccc(-c2c(C)nnc(Cl)c2-c2c(F)cc(F)cc2F)cc1. The van der Waals surface area contributed by atoms with Crippen LogP contribution in [0.15, 0.2) is 36.4 Å². The van der Waals surface area contributed by atoms with E-state index in [1.807, 2.05) is 30.5 Å². The fourth-order valence-electron chi connectivity index (χ4n) is 2.80. The molecule has 0 radical (unpaired) electrons. The van der Waals surface area contributed by atoms with Gasteiger partial charge >= 0.3 is 0 Å². The van der Waals surface area contributed by atoms with Gasteiger partial charge in [-0.05, 0) is 24.3 Å². The van der Waals surface area contributed by atoms with Crippen LogP contribution in [0.25, 0.3) is 22.3 Å². The van der Waals surface area contributed by atoms with Gasteiger partial charge in [-0.15, -0.1) is 5.10 Å². The summed E-state index contributed by atoms with van der Waals surface area (Å²) in [5.74, 6) is -2.24. The van der Waals surface area contributed by atoms with E-state index >= 15 is 0 Å². The Balaban J connectivity index is 2.26. The molecule has 0 saturated carbocycles. The third kappa shape index (κ3) is 3.57. The summed E-state index contributed by atoms with van der Waals surface area (Å²) < 4.78 is 42.1. The maximum Gasteiger partial charge on any atom is 0.160 e. The van der Waals surface area contributed by atoms with E-state index < -0.39 is 23.0 Å². The molecule has 0 aliphatic heterocycles. The van der Waals surface area contributed by atoms with Gasteiger partial charge in [-0.2, -0.15) is 16.9 Å². The van der Waals surface area contributed by atoms with Gasteiger partial charge < -0.3 is 0 Å². The number of hydrogen-bond acceptors (Lipinski definition) is 3. The lowest BCUT2D eigenvalue weighted by Crippen LogP contribution is -2.01. The molecule has 134 valence electrons. The van der Waals surface area contributed by atoms with Crippen LogP contribution in [0.2, 0.25) is 5.15 Å². The van der Waals surface area contributed by atoms with E-state index in [0.717, 1.165) is 11.3 Å². The van der Waals surface area contributed by atoms with Crippen LogP contribution in [-0.4, -0.2) is 16.5 Å². The van der Waals surface area contributed by atoms with Crippen molar-refractivity contribution in [2.45, 2.75) is 12.7 Å². The number of aryl methyl sites for hydroxylation is 1. The Morgan fingerprint density at radius 1 is 0.923 bits per heavy atom. The Hall–Kier alpha value is -2.05. The van der Waals surface area contributed by atoms with E-state index in [1.165, 1.54) is 0 Å². The molecule has 0 fully saturated rings. The molecule has 0 aliphatic carbocycles. The summed E-state index contributed by atoms with van der Waals surface area (Å²) in [6.07, 6.45) is 2.00. The largest absolute Gasteiger partial charge is 0.207 e. The van der Waals surface area contributed by atoms with Gasteiger partial charge in [0, 0.05) is 29.0 Å². The van der Waals surface area contributed by atoms with E-state index in [2.05, 4.69) is 10.2 Å². The molecule has 0 saturated heterocycles. The van der Waals surface area contributed by atoms with Crippen LogP contribution in [0, 0.1) is 24.4 Å². The minimum Gasteiger partial charge on any atom is -0.207 e. The average molecular weight is 395 g/mol. The van der Waals surface area contributed by atoms with E-state index in [-0.39, 0.29) is 10.7 Å². The van der Waals surface area contributed by atoms with Gasteiger partial charge in [0.05, 0.1) is 11.3 Å². The van der Waals surface area contributed by atoms with Crippen molar-refractivity contribution < 1.29 is 13.2 Å². The fourth-order valence-corrected chi connectivity index (χ4v) is 3.55. The van der Waals surface area contributed by atoms with Crippen molar-refractivity contribution in [3.63, 3.8) is 0 Å². The first kappa shape index (κ1) is 18.7. The molecule has 0 unspecified atom stereocenters. The Morgan fingerprint density at radius 3 is 2.12 bits per heavy atom. The topological polar surface area (TPSA) is 25.8 Å². The summed E-state index contributed by atoms with van der Waals surface area (Å²) in [4.78, 5) is 0. The summed E-state index contributed by atoms with van der Waals surface area (Å²) in [6, 6.07) is 8.79. The lowest BCUT2D eigenvalue weighted by molar-refractivity contribution is 0.548. The molecule has 0 spiro atoms. The predicted molar refractivity (Wildman–Crippen MR) is 99.7 cm³/mol. The third-order valence-electron chi connectivity index (χ3n) is 3.92. The number of rotatable bonds is 4. The van der Waals surface area contributed by atoms with Crippen LogP contribution in [0.3, 0.4) is 0 Å². The van der Waals surface area contributed by atoms with E-state index in [4.69, 9.17) is 11.6 Å². The van der Waals surface area contributed by atoms with E-state index in [1.54, 1.807) is 18.7 Å². The minimum atomic E-state index is -1.04. The Kier molecular flexibility index (Phi) is 5.53. The summed E-state index contributed by atoms with van der Waals surface area (Å²) in [7, 11) is 0. The summed E-state index contributed by atoms with van der Waals surface area (Å²) in [5, 5.41) is 7.60. The van der Waals surface area contributed by atoms with Crippen LogP contribution in [0.4, 0.5) is 13.2 Å². The molecular formula is C19H14ClF3N2S. The first-order valence-corrected chi connectivity index (χ1v) is 9.45. The molecule has 7 heteroatoms. The maximum atomic E-state index is 14.4. The quantitative estimate of drug-likeness (QED) is 0.538. The Morgan fingerprint density at radius 2 is 1.54 bits per heavy atom. The standard InChI is InChI=1S/C19H14ClF3N2S/c1-10-16(12-5-3-11(4-6-12)9-26-2)18(19(20)25-24-10)17-14(22)7-13(21)8-15(17)23/h3-8H,9H2,1-2H3. The van der Waals surface area contributed by atoms with Gasteiger partial charge in [-0.1, -0.05) is 35.9 Å². The normalized spacial score (nSPS) is 11.0. The second kappa shape index (κ2) is 7.68. The first-order chi connectivity index (χ1) is 12.4. The van der Waals surface area contributed by atoms with Crippen LogP contribution in [0.1, 0.15) is 11.3 Å². The summed E-state index contributed by atoms with van der Waals surface area (Å²) >= 11 is 7.84. The third-order valence-corrected chi connectivity index (χ3v) is 4.80. The van der Waals surface area contributed by atoms with Crippen molar-refractivity contribution in [1.82, 2.24) is 10.2 Å². The number of hydrogen-bond donors (Lipinski definition) is 0. The molecule has 0 aliphatic rings. The second-order valence-electron chi connectivity index (χ2n) is 5.70. The van der Waals surface area contributed by atoms with Gasteiger partial charge in [0.2, 0.25) is 0 Å². The highest BCUT2D eigenvalue weighted by Crippen LogP contribution is 2.40. The molecular weight excluding hydrogens is 381 g/mol. The molecule has 2 aromatic carbocycles. The van der Waals surface area contributed by atoms with Gasteiger partial charge in [0.1, 0.15) is 17.5 Å². The lowest BCUT2D eigenvalue weighted by atomic mass is 9.94. The number of benzene rings is 2. The zero-order valence-electron chi connectivity index (χ0n) is 14.0. The molecule has 1 heterocycles. The Bertz CT molecular complexity index is 939. The molecule has 3 rings (SSSR count). The number of thioether (sulfide) groups is 1. The highest BCUT2D eigenvalue weighted by atomic mass is 35.5. The Labute approximate surface area is 158 Å². The first-order valence-electron chi connectivity index (χ1n) is 7.68. The van der Waals surface area contributed by atoms with Crippen molar-refractivity contribution in [3.05, 3.63) is 70.3 Å².